The molecule has 3 aromatic rings. The van der Waals surface area contributed by atoms with Gasteiger partial charge in [0.15, 0.2) is 0 Å². The van der Waals surface area contributed by atoms with Crippen LogP contribution in [0.3, 0.4) is 0 Å². The van der Waals surface area contributed by atoms with E-state index < -0.39 is 0 Å². The molecule has 0 atom stereocenters. The van der Waals surface area contributed by atoms with Crippen LogP contribution in [0.4, 0.5) is 5.69 Å². The van der Waals surface area contributed by atoms with Crippen LogP contribution < -0.4 is 5.32 Å². The molecule has 0 amide bonds. The Labute approximate surface area is 152 Å². The number of rotatable bonds is 2. The average molecular weight is 393 g/mol. The van der Waals surface area contributed by atoms with E-state index >= 15 is 0 Å². The van der Waals surface area contributed by atoms with E-state index in [1.807, 2.05) is 46.9 Å². The molecule has 0 aliphatic heterocycles. The van der Waals surface area contributed by atoms with Gasteiger partial charge in [-0.25, -0.2) is 4.98 Å². The van der Waals surface area contributed by atoms with E-state index in [0.717, 1.165) is 20.7 Å². The number of nitrogens with one attached hydrogen (secondary N) is 1. The van der Waals surface area contributed by atoms with Crippen LogP contribution in [0, 0.1) is 6.92 Å². The predicted molar refractivity (Wildman–Crippen MR) is 110 cm³/mol. The van der Waals surface area contributed by atoms with Crippen LogP contribution >= 0.6 is 27.3 Å². The molecule has 0 spiro atoms. The van der Waals surface area contributed by atoms with Crippen LogP contribution in [0.5, 0.6) is 0 Å². The first-order chi connectivity index (χ1) is 11.2. The predicted octanol–water partition coefficient (Wildman–Crippen LogP) is 7.13. The molecule has 3 rings (SSSR count). The SMILES string of the molecule is CC.CC.CNc1ccc(-c2nc3ccc(Br)cc3s2)cc1C. The van der Waals surface area contributed by atoms with Gasteiger partial charge in [-0.2, -0.15) is 0 Å². The molecule has 0 unspecified atom stereocenters. The lowest BCUT2D eigenvalue weighted by Crippen LogP contribution is -1.91. The molecule has 0 saturated heterocycles. The minimum atomic E-state index is 1.05. The Kier molecular flexibility index (Phi) is 8.28. The molecule has 0 bridgehead atoms. The molecular formula is C19H25BrN2S. The molecule has 1 heterocycles. The number of anilines is 1. The first-order valence-electron chi connectivity index (χ1n) is 8.02. The van der Waals surface area contributed by atoms with E-state index in [0.29, 0.717) is 0 Å². The van der Waals surface area contributed by atoms with Crippen molar-refractivity contribution in [2.75, 3.05) is 12.4 Å². The van der Waals surface area contributed by atoms with E-state index in [1.165, 1.54) is 15.8 Å². The molecule has 0 aliphatic rings. The fraction of sp³-hybridized carbons (Fsp3) is 0.316. The zero-order valence-corrected chi connectivity index (χ0v) is 17.1. The van der Waals surface area contributed by atoms with E-state index in [-0.39, 0.29) is 0 Å². The summed E-state index contributed by atoms with van der Waals surface area (Å²) in [7, 11) is 1.94. The molecule has 4 heteroatoms. The highest BCUT2D eigenvalue weighted by Gasteiger charge is 2.08. The maximum Gasteiger partial charge on any atom is 0.124 e. The summed E-state index contributed by atoms with van der Waals surface area (Å²) in [5, 5.41) is 4.25. The molecule has 124 valence electrons. The highest BCUT2D eigenvalue weighted by Crippen LogP contribution is 2.33. The second kappa shape index (κ2) is 9.68. The van der Waals surface area contributed by atoms with Gasteiger partial charge in [-0.15, -0.1) is 11.3 Å². The largest absolute Gasteiger partial charge is 0.388 e. The van der Waals surface area contributed by atoms with Crippen molar-refractivity contribution in [3.63, 3.8) is 0 Å². The first-order valence-corrected chi connectivity index (χ1v) is 9.63. The van der Waals surface area contributed by atoms with Crippen LogP contribution in [0.2, 0.25) is 0 Å². The van der Waals surface area contributed by atoms with E-state index in [4.69, 9.17) is 4.98 Å². The van der Waals surface area contributed by atoms with Crippen LogP contribution in [0.1, 0.15) is 33.3 Å². The quantitative estimate of drug-likeness (QED) is 0.501. The maximum atomic E-state index is 4.70. The lowest BCUT2D eigenvalue weighted by molar-refractivity contribution is 1.39. The van der Waals surface area contributed by atoms with Crippen molar-refractivity contribution in [1.82, 2.24) is 4.98 Å². The number of aromatic nitrogens is 1. The highest BCUT2D eigenvalue weighted by molar-refractivity contribution is 9.10. The normalized spacial score (nSPS) is 9.52. The van der Waals surface area contributed by atoms with Gasteiger partial charge >= 0.3 is 0 Å². The molecule has 23 heavy (non-hydrogen) atoms. The summed E-state index contributed by atoms with van der Waals surface area (Å²) in [5.41, 5.74) is 4.63. The van der Waals surface area contributed by atoms with Gasteiger partial charge in [0.05, 0.1) is 10.2 Å². The Morgan fingerprint density at radius 2 is 1.70 bits per heavy atom. The third-order valence-corrected chi connectivity index (χ3v) is 4.65. The van der Waals surface area contributed by atoms with Gasteiger partial charge in [0.25, 0.3) is 0 Å². The van der Waals surface area contributed by atoms with Crippen molar-refractivity contribution in [3.05, 3.63) is 46.4 Å². The summed E-state index contributed by atoms with van der Waals surface area (Å²) in [4.78, 5) is 4.70. The van der Waals surface area contributed by atoms with Gasteiger partial charge in [-0.3, -0.25) is 0 Å². The van der Waals surface area contributed by atoms with Crippen molar-refractivity contribution >= 4 is 43.2 Å². The monoisotopic (exact) mass is 392 g/mol. The summed E-state index contributed by atoms with van der Waals surface area (Å²) < 4.78 is 2.30. The Balaban J connectivity index is 0.000000615. The van der Waals surface area contributed by atoms with Crippen LogP contribution in [0.15, 0.2) is 40.9 Å². The summed E-state index contributed by atoms with van der Waals surface area (Å²) >= 11 is 5.22. The number of nitrogens with zero attached hydrogens (tertiary/aromatic N) is 1. The van der Waals surface area contributed by atoms with E-state index in [2.05, 4.69) is 52.4 Å². The first kappa shape index (κ1) is 19.7. The van der Waals surface area contributed by atoms with Gasteiger partial charge in [-0.1, -0.05) is 43.6 Å². The number of hydrogen-bond acceptors (Lipinski definition) is 3. The van der Waals surface area contributed by atoms with Gasteiger partial charge in [0.2, 0.25) is 0 Å². The van der Waals surface area contributed by atoms with Gasteiger partial charge in [0.1, 0.15) is 5.01 Å². The van der Waals surface area contributed by atoms with Gasteiger partial charge in [0, 0.05) is 22.8 Å². The fourth-order valence-electron chi connectivity index (χ4n) is 2.10. The number of halogens is 1. The fourth-order valence-corrected chi connectivity index (χ4v) is 3.61. The van der Waals surface area contributed by atoms with Crippen molar-refractivity contribution in [2.24, 2.45) is 0 Å². The van der Waals surface area contributed by atoms with Crippen molar-refractivity contribution in [3.8, 4) is 10.6 Å². The van der Waals surface area contributed by atoms with Gasteiger partial charge in [-0.05, 0) is 48.9 Å². The summed E-state index contributed by atoms with van der Waals surface area (Å²) in [6.45, 7) is 10.1. The van der Waals surface area contributed by atoms with Crippen molar-refractivity contribution in [1.29, 1.82) is 0 Å². The Morgan fingerprint density at radius 3 is 2.30 bits per heavy atom. The molecular weight excluding hydrogens is 368 g/mol. The van der Waals surface area contributed by atoms with Crippen molar-refractivity contribution in [2.45, 2.75) is 34.6 Å². The zero-order chi connectivity index (χ0) is 17.4. The number of aryl methyl sites for hydroxylation is 1. The number of benzene rings is 2. The van der Waals surface area contributed by atoms with E-state index in [9.17, 15) is 0 Å². The second-order valence-electron chi connectivity index (χ2n) is 4.41. The Bertz CT molecular complexity index is 750. The average Bonchev–Trinajstić information content (AvgIpc) is 3.01. The minimum absolute atomic E-state index is 1.05. The molecule has 1 aromatic heterocycles. The van der Waals surface area contributed by atoms with Crippen LogP contribution in [-0.2, 0) is 0 Å². The smallest absolute Gasteiger partial charge is 0.124 e. The minimum Gasteiger partial charge on any atom is -0.388 e. The third kappa shape index (κ3) is 4.79. The molecule has 0 aliphatic carbocycles. The molecule has 2 nitrogen and oxygen atoms in total. The molecule has 0 fully saturated rings. The zero-order valence-electron chi connectivity index (χ0n) is 14.7. The summed E-state index contributed by atoms with van der Waals surface area (Å²) in [6, 6.07) is 12.6. The molecule has 2 aromatic carbocycles. The summed E-state index contributed by atoms with van der Waals surface area (Å²) in [5.74, 6) is 0. The number of fused-ring (bicyclic) bond motifs is 1. The molecule has 0 saturated carbocycles. The second-order valence-corrected chi connectivity index (χ2v) is 6.36. The van der Waals surface area contributed by atoms with Crippen LogP contribution in [-0.4, -0.2) is 12.0 Å². The summed E-state index contributed by atoms with van der Waals surface area (Å²) in [6.07, 6.45) is 0. The van der Waals surface area contributed by atoms with Crippen molar-refractivity contribution < 1.29 is 0 Å². The topological polar surface area (TPSA) is 24.9 Å². The third-order valence-electron chi connectivity index (χ3n) is 3.09. The Hall–Kier alpha value is -1.39. The number of thiazole rings is 1. The molecule has 0 radical (unpaired) electrons. The maximum absolute atomic E-state index is 4.70. The van der Waals surface area contributed by atoms with Crippen LogP contribution in [0.25, 0.3) is 20.8 Å². The lowest BCUT2D eigenvalue weighted by Gasteiger charge is -2.05. The highest BCUT2D eigenvalue weighted by atomic mass is 79.9. The standard InChI is InChI=1S/C15H13BrN2S.2C2H6/c1-9-7-10(3-5-12(9)17-2)15-18-13-6-4-11(16)8-14(13)19-15;2*1-2/h3-8,17H,1-2H3;2*1-2H3. The van der Waals surface area contributed by atoms with E-state index in [1.54, 1.807) is 11.3 Å². The Morgan fingerprint density at radius 1 is 1.00 bits per heavy atom. The lowest BCUT2D eigenvalue weighted by atomic mass is 10.1. The van der Waals surface area contributed by atoms with Gasteiger partial charge < -0.3 is 5.32 Å². The molecule has 1 N–H and O–H groups in total. The number of hydrogen-bond donors (Lipinski definition) is 1.